The first-order chi connectivity index (χ1) is 10.8. The molecule has 0 radical (unpaired) electrons. The van der Waals surface area contributed by atoms with Crippen molar-refractivity contribution in [2.24, 2.45) is 0 Å². The fourth-order valence-corrected chi connectivity index (χ4v) is 4.19. The second kappa shape index (κ2) is 11.3. The Morgan fingerprint density at radius 3 is 1.52 bits per heavy atom. The summed E-state index contributed by atoms with van der Waals surface area (Å²) in [5, 5.41) is 2.95. The predicted molar refractivity (Wildman–Crippen MR) is 94.8 cm³/mol. The molecule has 0 bridgehead atoms. The molecule has 0 aliphatic rings. The van der Waals surface area contributed by atoms with Crippen LogP contribution in [0.1, 0.15) is 6.92 Å². The number of hydrogen-bond acceptors (Lipinski definition) is 0. The Bertz CT molecular complexity index is 605. The maximum absolute atomic E-state index is 11.9. The van der Waals surface area contributed by atoms with Crippen molar-refractivity contribution < 1.29 is 26.8 Å². The molecule has 3 aromatic carbocycles. The molecule has 0 aromatic heterocycles. The maximum Gasteiger partial charge on any atom is 1.00 e. The van der Waals surface area contributed by atoms with Crippen LogP contribution in [0.25, 0.3) is 0 Å². The topological polar surface area (TPSA) is 0 Å². The Hall–Kier alpha value is -1.24. The van der Waals surface area contributed by atoms with Crippen LogP contribution >= 0.6 is 7.92 Å². The van der Waals surface area contributed by atoms with Gasteiger partial charge in [-0.25, -0.2) is 4.39 Å². The summed E-state index contributed by atoms with van der Waals surface area (Å²) in [7, 11) is -0.149. The number of rotatable bonds is 3. The van der Waals surface area contributed by atoms with E-state index in [4.69, 9.17) is 0 Å². The third-order valence-corrected chi connectivity index (χ3v) is 5.60. The number of hydrogen-bond donors (Lipinski definition) is 0. The summed E-state index contributed by atoms with van der Waals surface area (Å²) in [4.78, 5) is 0. The molecule has 0 N–H and O–H groups in total. The van der Waals surface area contributed by atoms with E-state index in [2.05, 4.69) is 73.7 Å². The molecule has 0 aliphatic heterocycles. The van der Waals surface area contributed by atoms with E-state index < -0.39 is 0 Å². The van der Waals surface area contributed by atoms with Gasteiger partial charge < -0.3 is 0 Å². The van der Waals surface area contributed by atoms with Gasteiger partial charge in [-0.2, -0.15) is 18.2 Å². The van der Waals surface area contributed by atoms with Gasteiger partial charge in [0.05, 0.1) is 0 Å². The second-order valence-electron chi connectivity index (χ2n) is 4.63. The summed E-state index contributed by atoms with van der Waals surface area (Å²) in [6, 6.07) is 30.1. The van der Waals surface area contributed by atoms with Crippen LogP contribution in [0, 0.1) is 11.9 Å². The van der Waals surface area contributed by atoms with Gasteiger partial charge in [0.1, 0.15) is 0 Å². The minimum atomic E-state index is -0.209. The molecular formula is C20H19AuFP. The monoisotopic (exact) mass is 506 g/mol. The molecular weight excluding hydrogens is 487 g/mol. The van der Waals surface area contributed by atoms with Crippen LogP contribution in [0.2, 0.25) is 0 Å². The van der Waals surface area contributed by atoms with Gasteiger partial charge in [0.25, 0.3) is 0 Å². The van der Waals surface area contributed by atoms with Gasteiger partial charge in [0.2, 0.25) is 0 Å². The molecule has 122 valence electrons. The van der Waals surface area contributed by atoms with E-state index in [1.54, 1.807) is 0 Å². The summed E-state index contributed by atoms with van der Waals surface area (Å²) >= 11 is 0. The molecule has 0 unspecified atom stereocenters. The summed E-state index contributed by atoms with van der Waals surface area (Å²) in [6.07, 6.45) is 1.21. The third kappa shape index (κ3) is 6.81. The first kappa shape index (κ1) is 19.8. The SMILES string of the molecule is CCP(c1ccccc1)c1ccccc1.Fc1cc[c-]cc1.[Au+]. The normalized spacial score (nSPS) is 9.52. The van der Waals surface area contributed by atoms with E-state index in [9.17, 15) is 4.39 Å². The summed E-state index contributed by atoms with van der Waals surface area (Å²) in [5.41, 5.74) is 0. The molecule has 0 spiro atoms. The number of benzene rings is 3. The Balaban J connectivity index is 0.000000280. The van der Waals surface area contributed by atoms with Crippen molar-refractivity contribution in [1.29, 1.82) is 0 Å². The van der Waals surface area contributed by atoms with Gasteiger partial charge in [0.15, 0.2) is 0 Å². The van der Waals surface area contributed by atoms with Crippen molar-refractivity contribution in [1.82, 2.24) is 0 Å². The van der Waals surface area contributed by atoms with Gasteiger partial charge in [-0.05, 0) is 24.7 Å². The average Bonchev–Trinajstić information content (AvgIpc) is 2.59. The van der Waals surface area contributed by atoms with Crippen LogP contribution < -0.4 is 10.6 Å². The average molecular weight is 506 g/mol. The van der Waals surface area contributed by atoms with Crippen molar-refractivity contribution in [3.05, 3.63) is 96.8 Å². The largest absolute Gasteiger partial charge is 1.00 e. The first-order valence-electron chi connectivity index (χ1n) is 7.30. The molecule has 3 rings (SSSR count). The smallest absolute Gasteiger partial charge is 0.236 e. The van der Waals surface area contributed by atoms with E-state index in [1.807, 2.05) is 0 Å². The maximum atomic E-state index is 11.9. The van der Waals surface area contributed by atoms with Gasteiger partial charge in [-0.15, -0.1) is 12.1 Å². The molecule has 0 saturated carbocycles. The van der Waals surface area contributed by atoms with E-state index in [0.29, 0.717) is 0 Å². The Labute approximate surface area is 155 Å². The summed E-state index contributed by atoms with van der Waals surface area (Å²) in [5.74, 6) is -0.209. The Kier molecular flexibility index (Phi) is 9.75. The zero-order valence-electron chi connectivity index (χ0n) is 12.9. The Morgan fingerprint density at radius 1 is 0.783 bits per heavy atom. The van der Waals surface area contributed by atoms with E-state index in [1.165, 1.54) is 41.0 Å². The van der Waals surface area contributed by atoms with Crippen LogP contribution in [0.15, 0.2) is 84.9 Å². The fraction of sp³-hybridized carbons (Fsp3) is 0.100. The molecule has 0 atom stereocenters. The van der Waals surface area contributed by atoms with Gasteiger partial charge in [0, 0.05) is 5.82 Å². The van der Waals surface area contributed by atoms with Crippen molar-refractivity contribution in [2.45, 2.75) is 6.92 Å². The minimum Gasteiger partial charge on any atom is -0.236 e. The second-order valence-corrected chi connectivity index (χ2v) is 7.15. The predicted octanol–water partition coefficient (Wildman–Crippen LogP) is 4.76. The van der Waals surface area contributed by atoms with Crippen molar-refractivity contribution in [3.63, 3.8) is 0 Å². The zero-order chi connectivity index (χ0) is 15.6. The van der Waals surface area contributed by atoms with Crippen molar-refractivity contribution in [3.8, 4) is 0 Å². The van der Waals surface area contributed by atoms with Crippen LogP contribution in [0.5, 0.6) is 0 Å². The van der Waals surface area contributed by atoms with Crippen LogP contribution in [-0.4, -0.2) is 6.16 Å². The molecule has 0 amide bonds. The minimum absolute atomic E-state index is 0. The fourth-order valence-electron chi connectivity index (χ4n) is 2.10. The molecule has 0 heterocycles. The molecule has 3 heteroatoms. The third-order valence-electron chi connectivity index (χ3n) is 3.13. The molecule has 23 heavy (non-hydrogen) atoms. The zero-order valence-corrected chi connectivity index (χ0v) is 16.0. The van der Waals surface area contributed by atoms with E-state index in [-0.39, 0.29) is 36.1 Å². The Morgan fingerprint density at radius 2 is 1.22 bits per heavy atom. The van der Waals surface area contributed by atoms with Crippen molar-refractivity contribution in [2.75, 3.05) is 6.16 Å². The van der Waals surface area contributed by atoms with Crippen LogP contribution in [0.3, 0.4) is 0 Å². The molecule has 3 aromatic rings. The molecule has 0 saturated heterocycles. The van der Waals surface area contributed by atoms with E-state index >= 15 is 0 Å². The van der Waals surface area contributed by atoms with Crippen LogP contribution in [-0.2, 0) is 22.4 Å². The number of halogens is 1. The first-order valence-corrected chi connectivity index (χ1v) is 8.83. The van der Waals surface area contributed by atoms with Gasteiger partial charge >= 0.3 is 22.4 Å². The van der Waals surface area contributed by atoms with E-state index in [0.717, 1.165) is 0 Å². The quantitative estimate of drug-likeness (QED) is 0.273. The summed E-state index contributed by atoms with van der Waals surface area (Å²) in [6.45, 7) is 2.27. The molecule has 0 nitrogen and oxygen atoms in total. The molecule has 0 fully saturated rings. The van der Waals surface area contributed by atoms with Gasteiger partial charge in [-0.1, -0.05) is 67.6 Å². The van der Waals surface area contributed by atoms with Crippen LogP contribution in [0.4, 0.5) is 4.39 Å². The summed E-state index contributed by atoms with van der Waals surface area (Å²) < 4.78 is 11.9. The molecule has 0 aliphatic carbocycles. The standard InChI is InChI=1S/C14H15P.C6H4F.Au/c1-2-15(13-9-5-3-6-10-13)14-11-7-4-8-12-14;7-6-4-2-1-3-5-6;/h3-12H,2H2,1H3;2-5H;/q;-1;+1. The van der Waals surface area contributed by atoms with Gasteiger partial charge in [-0.3, -0.25) is 0 Å². The van der Waals surface area contributed by atoms with Crippen molar-refractivity contribution >= 4 is 18.5 Å².